The van der Waals surface area contributed by atoms with Gasteiger partial charge in [0.15, 0.2) is 0 Å². The molecule has 0 aliphatic carbocycles. The Balaban J connectivity index is 2.03. The van der Waals surface area contributed by atoms with Crippen LogP contribution in [0.4, 0.5) is 10.5 Å². The Morgan fingerprint density at radius 1 is 1.19 bits per heavy atom. The molecule has 1 amide bonds. The number of rotatable bonds is 7. The second-order valence-electron chi connectivity index (χ2n) is 5.43. The summed E-state index contributed by atoms with van der Waals surface area (Å²) in [5.41, 5.74) is 5.85. The van der Waals surface area contributed by atoms with E-state index in [1.54, 1.807) is 12.1 Å². The van der Waals surface area contributed by atoms with Crippen LogP contribution in [-0.4, -0.2) is 38.1 Å². The normalized spacial score (nSPS) is 11.0. The van der Waals surface area contributed by atoms with Crippen molar-refractivity contribution in [2.24, 2.45) is 0 Å². The fraction of sp³-hybridized carbons (Fsp3) is 0.533. The molecule has 0 unspecified atom stereocenters. The number of anilines is 1. The lowest BCUT2D eigenvalue weighted by atomic mass is 10.2. The van der Waals surface area contributed by atoms with E-state index in [9.17, 15) is 4.79 Å². The van der Waals surface area contributed by atoms with Gasteiger partial charge in [0, 0.05) is 6.54 Å². The van der Waals surface area contributed by atoms with Gasteiger partial charge in [-0.1, -0.05) is 12.1 Å². The number of alkyl carbamates (subject to hydrolysis) is 1. The van der Waals surface area contributed by atoms with Crippen LogP contribution in [0, 0.1) is 0 Å². The molecule has 21 heavy (non-hydrogen) atoms. The number of carbonyl (C=O) groups excluding carboxylic acids is 1. The molecule has 0 aromatic heterocycles. The Morgan fingerprint density at radius 2 is 1.90 bits per heavy atom. The zero-order chi connectivity index (χ0) is 15.7. The van der Waals surface area contributed by atoms with Crippen molar-refractivity contribution < 1.29 is 19.0 Å². The van der Waals surface area contributed by atoms with Gasteiger partial charge in [-0.05, 0) is 32.9 Å². The lowest BCUT2D eigenvalue weighted by Crippen LogP contribution is -2.34. The van der Waals surface area contributed by atoms with Crippen molar-refractivity contribution >= 4 is 11.8 Å². The smallest absolute Gasteiger partial charge is 0.407 e. The van der Waals surface area contributed by atoms with Gasteiger partial charge in [-0.3, -0.25) is 0 Å². The number of nitrogens with one attached hydrogen (secondary N) is 1. The highest BCUT2D eigenvalue weighted by molar-refractivity contribution is 5.67. The van der Waals surface area contributed by atoms with Gasteiger partial charge in [0.25, 0.3) is 0 Å². The van der Waals surface area contributed by atoms with Crippen LogP contribution in [-0.2, 0) is 9.47 Å². The van der Waals surface area contributed by atoms with Crippen LogP contribution < -0.4 is 15.8 Å². The third-order valence-electron chi connectivity index (χ3n) is 2.32. The van der Waals surface area contributed by atoms with Crippen molar-refractivity contribution in [3.05, 3.63) is 24.3 Å². The zero-order valence-corrected chi connectivity index (χ0v) is 12.8. The molecular weight excluding hydrogens is 272 g/mol. The van der Waals surface area contributed by atoms with Crippen molar-refractivity contribution in [3.63, 3.8) is 0 Å². The Hall–Kier alpha value is -1.95. The number of hydrogen-bond donors (Lipinski definition) is 2. The monoisotopic (exact) mass is 296 g/mol. The Labute approximate surface area is 125 Å². The van der Waals surface area contributed by atoms with Gasteiger partial charge in [0.1, 0.15) is 18.0 Å². The maximum absolute atomic E-state index is 11.3. The number of amides is 1. The molecule has 6 nitrogen and oxygen atoms in total. The van der Waals surface area contributed by atoms with E-state index >= 15 is 0 Å². The van der Waals surface area contributed by atoms with Crippen molar-refractivity contribution in [1.82, 2.24) is 5.32 Å². The van der Waals surface area contributed by atoms with Crippen LogP contribution in [0.1, 0.15) is 20.8 Å². The molecule has 0 fully saturated rings. The van der Waals surface area contributed by atoms with E-state index in [2.05, 4.69) is 5.32 Å². The summed E-state index contributed by atoms with van der Waals surface area (Å²) in [5.74, 6) is 0.646. The lowest BCUT2D eigenvalue weighted by molar-refractivity contribution is 0.0489. The summed E-state index contributed by atoms with van der Waals surface area (Å²) < 4.78 is 15.9. The Morgan fingerprint density at radius 3 is 2.57 bits per heavy atom. The van der Waals surface area contributed by atoms with E-state index in [0.29, 0.717) is 37.8 Å². The molecule has 3 N–H and O–H groups in total. The largest absolute Gasteiger partial charge is 0.489 e. The number of nitrogens with two attached hydrogens (primary N) is 1. The minimum atomic E-state index is -0.492. The molecule has 6 heteroatoms. The third kappa shape index (κ3) is 8.04. The minimum Gasteiger partial charge on any atom is -0.489 e. The van der Waals surface area contributed by atoms with Crippen molar-refractivity contribution in [3.8, 4) is 5.75 Å². The zero-order valence-electron chi connectivity index (χ0n) is 12.8. The van der Waals surface area contributed by atoms with Gasteiger partial charge < -0.3 is 25.3 Å². The summed E-state index contributed by atoms with van der Waals surface area (Å²) in [6.07, 6.45) is -0.445. The third-order valence-corrected chi connectivity index (χ3v) is 2.32. The standard InChI is InChI=1S/C15H24N2O4/c1-15(2,3)21-14(18)17-8-9-19-10-11-20-13-7-5-4-6-12(13)16/h4-7H,8-11,16H2,1-3H3,(H,17,18). The van der Waals surface area contributed by atoms with Crippen molar-refractivity contribution in [1.29, 1.82) is 0 Å². The molecule has 0 atom stereocenters. The van der Waals surface area contributed by atoms with E-state index < -0.39 is 11.7 Å². The number of nitrogen functional groups attached to an aromatic ring is 1. The van der Waals surface area contributed by atoms with E-state index in [1.807, 2.05) is 32.9 Å². The van der Waals surface area contributed by atoms with Gasteiger partial charge >= 0.3 is 6.09 Å². The molecular formula is C15H24N2O4. The summed E-state index contributed by atoms with van der Waals surface area (Å²) in [4.78, 5) is 11.3. The molecule has 0 heterocycles. The molecule has 118 valence electrons. The van der Waals surface area contributed by atoms with E-state index in [-0.39, 0.29) is 0 Å². The Kier molecular flexibility index (Phi) is 6.81. The SMILES string of the molecule is CC(C)(C)OC(=O)NCCOCCOc1ccccc1N. The first-order chi connectivity index (χ1) is 9.88. The molecule has 0 saturated heterocycles. The van der Waals surface area contributed by atoms with Crippen molar-refractivity contribution in [2.45, 2.75) is 26.4 Å². The molecule has 0 saturated carbocycles. The van der Waals surface area contributed by atoms with Crippen LogP contribution >= 0.6 is 0 Å². The minimum absolute atomic E-state index is 0.391. The molecule has 1 aromatic carbocycles. The number of carbonyl (C=O) groups is 1. The number of benzene rings is 1. The van der Waals surface area contributed by atoms with Gasteiger partial charge in [-0.25, -0.2) is 4.79 Å². The highest BCUT2D eigenvalue weighted by Gasteiger charge is 2.15. The molecule has 0 radical (unpaired) electrons. The quantitative estimate of drug-likeness (QED) is 0.595. The van der Waals surface area contributed by atoms with Crippen LogP contribution in [0.5, 0.6) is 5.75 Å². The molecule has 0 aliphatic rings. The lowest BCUT2D eigenvalue weighted by Gasteiger charge is -2.19. The van der Waals surface area contributed by atoms with E-state index in [4.69, 9.17) is 19.9 Å². The summed E-state index contributed by atoms with van der Waals surface area (Å²) >= 11 is 0. The first-order valence-electron chi connectivity index (χ1n) is 6.90. The second kappa shape index (κ2) is 8.36. The van der Waals surface area contributed by atoms with Gasteiger partial charge in [0.2, 0.25) is 0 Å². The van der Waals surface area contributed by atoms with Crippen LogP contribution in [0.2, 0.25) is 0 Å². The fourth-order valence-corrected chi connectivity index (χ4v) is 1.46. The topological polar surface area (TPSA) is 82.8 Å². The first-order valence-corrected chi connectivity index (χ1v) is 6.90. The molecule has 0 aliphatic heterocycles. The number of para-hydroxylation sites is 2. The highest BCUT2D eigenvalue weighted by atomic mass is 16.6. The van der Waals surface area contributed by atoms with E-state index in [0.717, 1.165) is 0 Å². The summed E-state index contributed by atoms with van der Waals surface area (Å²) in [5, 5.41) is 2.61. The second-order valence-corrected chi connectivity index (χ2v) is 5.43. The average Bonchev–Trinajstić information content (AvgIpc) is 2.37. The van der Waals surface area contributed by atoms with Crippen LogP contribution in [0.25, 0.3) is 0 Å². The maximum Gasteiger partial charge on any atom is 0.407 e. The van der Waals surface area contributed by atoms with Gasteiger partial charge in [-0.15, -0.1) is 0 Å². The molecule has 0 spiro atoms. The van der Waals surface area contributed by atoms with E-state index in [1.165, 1.54) is 0 Å². The van der Waals surface area contributed by atoms with Crippen LogP contribution in [0.3, 0.4) is 0 Å². The Bertz CT molecular complexity index is 444. The first kappa shape index (κ1) is 17.1. The summed E-state index contributed by atoms with van der Waals surface area (Å²) in [7, 11) is 0. The highest BCUT2D eigenvalue weighted by Crippen LogP contribution is 2.19. The van der Waals surface area contributed by atoms with Crippen molar-refractivity contribution in [2.75, 3.05) is 32.1 Å². The predicted molar refractivity (Wildman–Crippen MR) is 81.4 cm³/mol. The number of hydrogen-bond acceptors (Lipinski definition) is 5. The molecule has 1 aromatic rings. The fourth-order valence-electron chi connectivity index (χ4n) is 1.46. The molecule has 0 bridgehead atoms. The van der Waals surface area contributed by atoms with Gasteiger partial charge in [-0.2, -0.15) is 0 Å². The summed E-state index contributed by atoms with van der Waals surface area (Å²) in [6, 6.07) is 7.29. The predicted octanol–water partition coefficient (Wildman–Crippen LogP) is 2.19. The molecule has 1 rings (SSSR count). The van der Waals surface area contributed by atoms with Gasteiger partial charge in [0.05, 0.1) is 18.9 Å². The summed E-state index contributed by atoms with van der Waals surface area (Å²) in [6.45, 7) is 7.06. The number of ether oxygens (including phenoxy) is 3. The average molecular weight is 296 g/mol. The maximum atomic E-state index is 11.3. The van der Waals surface area contributed by atoms with Crippen LogP contribution in [0.15, 0.2) is 24.3 Å².